The quantitative estimate of drug-likeness (QED) is 0.584. The van der Waals surface area contributed by atoms with Gasteiger partial charge in [0.1, 0.15) is 5.54 Å². The van der Waals surface area contributed by atoms with Gasteiger partial charge in [0, 0.05) is 6.92 Å². The van der Waals surface area contributed by atoms with Crippen LogP contribution >= 0.6 is 0 Å². The largest absolute Gasteiger partial charge is 0.479 e. The molecule has 0 radical (unpaired) electrons. The van der Waals surface area contributed by atoms with Crippen molar-refractivity contribution >= 4 is 11.9 Å². The Morgan fingerprint density at radius 2 is 1.92 bits per heavy atom. The molecule has 0 aliphatic heterocycles. The summed E-state index contributed by atoms with van der Waals surface area (Å²) in [5.74, 6) is -1.27. The van der Waals surface area contributed by atoms with Crippen LogP contribution in [0.3, 0.4) is 0 Å². The maximum Gasteiger partial charge on any atom is 0.330 e. The van der Waals surface area contributed by atoms with E-state index in [2.05, 4.69) is 5.32 Å². The highest BCUT2D eigenvalue weighted by atomic mass is 16.4. The topological polar surface area (TPSA) is 66.4 Å². The molecule has 0 spiro atoms. The van der Waals surface area contributed by atoms with E-state index >= 15 is 0 Å². The van der Waals surface area contributed by atoms with E-state index in [1.807, 2.05) is 0 Å². The molecule has 0 aromatic rings. The smallest absolute Gasteiger partial charge is 0.330 e. The van der Waals surface area contributed by atoms with Crippen LogP contribution < -0.4 is 5.32 Å². The van der Waals surface area contributed by atoms with Gasteiger partial charge in [0.15, 0.2) is 0 Å². The van der Waals surface area contributed by atoms with Crippen molar-refractivity contribution in [3.63, 3.8) is 0 Å². The Morgan fingerprint density at radius 3 is 2.25 bits per heavy atom. The number of aliphatic carboxylic acids is 1. The number of carbonyl (C=O) groups is 2. The van der Waals surface area contributed by atoms with Crippen molar-refractivity contribution in [2.24, 2.45) is 0 Å². The summed E-state index contributed by atoms with van der Waals surface area (Å²) >= 11 is 0. The summed E-state index contributed by atoms with van der Waals surface area (Å²) in [6.45, 7) is 1.32. The van der Waals surface area contributed by atoms with Gasteiger partial charge in [-0.15, -0.1) is 0 Å². The lowest BCUT2D eigenvalue weighted by atomic mass is 9.97. The molecule has 4 nitrogen and oxygen atoms in total. The SMILES string of the molecule is CC(=O)NC1(C(=O)O)CC=CC1. The first-order valence-electron chi connectivity index (χ1n) is 3.74. The highest BCUT2D eigenvalue weighted by molar-refractivity contribution is 5.86. The summed E-state index contributed by atoms with van der Waals surface area (Å²) in [5.41, 5.74) is -1.08. The van der Waals surface area contributed by atoms with E-state index in [1.165, 1.54) is 6.92 Å². The van der Waals surface area contributed by atoms with E-state index in [-0.39, 0.29) is 5.91 Å². The van der Waals surface area contributed by atoms with Gasteiger partial charge in [0.2, 0.25) is 5.91 Å². The highest BCUT2D eigenvalue weighted by Gasteiger charge is 2.39. The summed E-state index contributed by atoms with van der Waals surface area (Å²) < 4.78 is 0. The van der Waals surface area contributed by atoms with Crippen molar-refractivity contribution in [3.05, 3.63) is 12.2 Å². The molecule has 2 N–H and O–H groups in total. The van der Waals surface area contributed by atoms with Gasteiger partial charge in [-0.25, -0.2) is 4.79 Å². The first kappa shape index (κ1) is 8.77. The second kappa shape index (κ2) is 2.97. The average molecular weight is 169 g/mol. The third-order valence-electron chi connectivity index (χ3n) is 1.92. The molecule has 1 amide bonds. The molecule has 0 fully saturated rings. The normalized spacial score (nSPS) is 19.1. The van der Waals surface area contributed by atoms with Crippen molar-refractivity contribution in [1.29, 1.82) is 0 Å². The number of hydrogen-bond donors (Lipinski definition) is 2. The Labute approximate surface area is 70.3 Å². The van der Waals surface area contributed by atoms with Gasteiger partial charge in [0.25, 0.3) is 0 Å². The lowest BCUT2D eigenvalue weighted by Gasteiger charge is -2.24. The fourth-order valence-corrected chi connectivity index (χ4v) is 1.32. The fraction of sp³-hybridized carbons (Fsp3) is 0.500. The van der Waals surface area contributed by atoms with E-state index in [4.69, 9.17) is 5.11 Å². The minimum Gasteiger partial charge on any atom is -0.479 e. The third kappa shape index (κ3) is 1.47. The molecule has 1 rings (SSSR count). The number of nitrogens with one attached hydrogen (secondary N) is 1. The molecule has 0 saturated heterocycles. The van der Waals surface area contributed by atoms with E-state index < -0.39 is 11.5 Å². The van der Waals surface area contributed by atoms with Crippen LogP contribution in [0.4, 0.5) is 0 Å². The van der Waals surface area contributed by atoms with Gasteiger partial charge in [0.05, 0.1) is 0 Å². The number of carboxylic acids is 1. The zero-order valence-electron chi connectivity index (χ0n) is 6.83. The molecule has 66 valence electrons. The van der Waals surface area contributed by atoms with Crippen LogP contribution in [0.15, 0.2) is 12.2 Å². The van der Waals surface area contributed by atoms with E-state index in [0.29, 0.717) is 12.8 Å². The number of rotatable bonds is 2. The average Bonchev–Trinajstić information content (AvgIpc) is 2.35. The van der Waals surface area contributed by atoms with Crippen molar-refractivity contribution in [2.45, 2.75) is 25.3 Å². The summed E-state index contributed by atoms with van der Waals surface area (Å²) in [6.07, 6.45) is 4.29. The molecule has 0 atom stereocenters. The minimum absolute atomic E-state index is 0.305. The van der Waals surface area contributed by atoms with Gasteiger partial charge in [-0.1, -0.05) is 12.2 Å². The van der Waals surface area contributed by atoms with Crippen LogP contribution in [-0.2, 0) is 9.59 Å². The monoisotopic (exact) mass is 169 g/mol. The maximum atomic E-state index is 10.8. The fourth-order valence-electron chi connectivity index (χ4n) is 1.32. The summed E-state index contributed by atoms with van der Waals surface area (Å²) in [7, 11) is 0. The van der Waals surface area contributed by atoms with Crippen molar-refractivity contribution in [3.8, 4) is 0 Å². The Hall–Kier alpha value is -1.32. The van der Waals surface area contributed by atoms with E-state index in [1.54, 1.807) is 12.2 Å². The predicted molar refractivity (Wildman–Crippen MR) is 42.6 cm³/mol. The van der Waals surface area contributed by atoms with Gasteiger partial charge in [-0.2, -0.15) is 0 Å². The maximum absolute atomic E-state index is 10.8. The van der Waals surface area contributed by atoms with Crippen LogP contribution in [-0.4, -0.2) is 22.5 Å². The molecule has 1 aliphatic rings. The second-order valence-corrected chi connectivity index (χ2v) is 2.95. The minimum atomic E-state index is -1.08. The number of amides is 1. The lowest BCUT2D eigenvalue weighted by molar-refractivity contribution is -0.146. The summed E-state index contributed by atoms with van der Waals surface area (Å²) in [4.78, 5) is 21.5. The van der Waals surface area contributed by atoms with E-state index in [0.717, 1.165) is 0 Å². The Bertz CT molecular complexity index is 237. The van der Waals surface area contributed by atoms with Gasteiger partial charge in [-0.3, -0.25) is 4.79 Å². The zero-order valence-corrected chi connectivity index (χ0v) is 6.83. The highest BCUT2D eigenvalue weighted by Crippen LogP contribution is 2.23. The summed E-state index contributed by atoms with van der Waals surface area (Å²) in [6, 6.07) is 0. The number of hydrogen-bond acceptors (Lipinski definition) is 2. The molecule has 0 aromatic carbocycles. The molecule has 1 aliphatic carbocycles. The van der Waals surface area contributed by atoms with Crippen molar-refractivity contribution < 1.29 is 14.7 Å². The first-order valence-corrected chi connectivity index (χ1v) is 3.74. The van der Waals surface area contributed by atoms with Crippen LogP contribution in [0, 0.1) is 0 Å². The Kier molecular flexibility index (Phi) is 2.17. The molecule has 4 heteroatoms. The molecular formula is C8H11NO3. The van der Waals surface area contributed by atoms with Crippen molar-refractivity contribution in [2.75, 3.05) is 0 Å². The van der Waals surface area contributed by atoms with Gasteiger partial charge < -0.3 is 10.4 Å². The number of carbonyl (C=O) groups excluding carboxylic acids is 1. The third-order valence-corrected chi connectivity index (χ3v) is 1.92. The molecule has 0 unspecified atom stereocenters. The van der Waals surface area contributed by atoms with Crippen LogP contribution in [0.2, 0.25) is 0 Å². The first-order chi connectivity index (χ1) is 5.57. The molecule has 12 heavy (non-hydrogen) atoms. The summed E-state index contributed by atoms with van der Waals surface area (Å²) in [5, 5.41) is 11.3. The molecular weight excluding hydrogens is 158 g/mol. The van der Waals surface area contributed by atoms with Gasteiger partial charge in [-0.05, 0) is 12.8 Å². The Balaban J connectivity index is 2.74. The van der Waals surface area contributed by atoms with E-state index in [9.17, 15) is 9.59 Å². The molecule has 0 saturated carbocycles. The lowest BCUT2D eigenvalue weighted by Crippen LogP contribution is -2.52. The van der Waals surface area contributed by atoms with Gasteiger partial charge >= 0.3 is 5.97 Å². The predicted octanol–water partition coefficient (Wildman–Crippen LogP) is 0.296. The van der Waals surface area contributed by atoms with Crippen LogP contribution in [0.1, 0.15) is 19.8 Å². The Morgan fingerprint density at radius 1 is 1.42 bits per heavy atom. The van der Waals surface area contributed by atoms with Crippen LogP contribution in [0.25, 0.3) is 0 Å². The standard InChI is InChI=1S/C8H11NO3/c1-6(10)9-8(7(11)12)4-2-3-5-8/h2-3H,4-5H2,1H3,(H,9,10)(H,11,12). The molecule has 0 bridgehead atoms. The molecule has 0 heterocycles. The van der Waals surface area contributed by atoms with Crippen molar-refractivity contribution in [1.82, 2.24) is 5.32 Å². The zero-order chi connectivity index (χ0) is 9.19. The van der Waals surface area contributed by atoms with Crippen LogP contribution in [0.5, 0.6) is 0 Å². The second-order valence-electron chi connectivity index (χ2n) is 2.95. The number of carboxylic acid groups (broad SMARTS) is 1. The molecule has 0 aromatic heterocycles.